The first-order valence-corrected chi connectivity index (χ1v) is 6.84. The van der Waals surface area contributed by atoms with E-state index in [1.165, 1.54) is 18.3 Å². The molecule has 0 saturated carbocycles. The summed E-state index contributed by atoms with van der Waals surface area (Å²) in [6.07, 6.45) is 1.46. The number of carbonyl (C=O) groups is 1. The van der Waals surface area contributed by atoms with Crippen molar-refractivity contribution in [2.45, 2.75) is 0 Å². The van der Waals surface area contributed by atoms with Gasteiger partial charge < -0.3 is 15.5 Å². The molecule has 2 rings (SSSR count). The minimum Gasteiger partial charge on any atom is -0.349 e. The maximum Gasteiger partial charge on any atom is 0.270 e. The van der Waals surface area contributed by atoms with E-state index in [1.807, 2.05) is 19.0 Å². The summed E-state index contributed by atoms with van der Waals surface area (Å²) in [7, 11) is 3.85. The normalized spacial score (nSPS) is 10.5. The van der Waals surface area contributed by atoms with Crippen LogP contribution in [0.2, 0.25) is 0 Å². The van der Waals surface area contributed by atoms with E-state index in [2.05, 4.69) is 20.6 Å². The number of aromatic nitrogens is 2. The van der Waals surface area contributed by atoms with Crippen LogP contribution in [0.1, 0.15) is 10.5 Å². The van der Waals surface area contributed by atoms with Crippen molar-refractivity contribution in [3.8, 4) is 0 Å². The van der Waals surface area contributed by atoms with Crippen molar-refractivity contribution < 1.29 is 9.18 Å². The second-order valence-electron chi connectivity index (χ2n) is 4.93. The van der Waals surface area contributed by atoms with E-state index in [0.29, 0.717) is 6.54 Å². The van der Waals surface area contributed by atoms with E-state index in [0.717, 1.165) is 6.54 Å². The van der Waals surface area contributed by atoms with Crippen LogP contribution in [0.15, 0.2) is 36.5 Å². The van der Waals surface area contributed by atoms with E-state index in [9.17, 15) is 9.18 Å². The first-order chi connectivity index (χ1) is 10.6. The van der Waals surface area contributed by atoms with Gasteiger partial charge in [0.25, 0.3) is 5.91 Å². The van der Waals surface area contributed by atoms with Crippen LogP contribution in [0.5, 0.6) is 0 Å². The van der Waals surface area contributed by atoms with Gasteiger partial charge in [-0.3, -0.25) is 4.79 Å². The Balaban J connectivity index is 2.03. The van der Waals surface area contributed by atoms with E-state index >= 15 is 0 Å². The zero-order chi connectivity index (χ0) is 15.9. The van der Waals surface area contributed by atoms with Crippen molar-refractivity contribution in [2.75, 3.05) is 32.5 Å². The van der Waals surface area contributed by atoms with Crippen LogP contribution in [-0.2, 0) is 0 Å². The van der Waals surface area contributed by atoms with Crippen LogP contribution in [0.4, 0.5) is 16.0 Å². The van der Waals surface area contributed by atoms with Crippen LogP contribution in [0.3, 0.4) is 0 Å². The van der Waals surface area contributed by atoms with Crippen LogP contribution < -0.4 is 10.6 Å². The number of halogens is 1. The van der Waals surface area contributed by atoms with Crippen LogP contribution in [0.25, 0.3) is 0 Å². The summed E-state index contributed by atoms with van der Waals surface area (Å²) >= 11 is 0. The molecule has 0 bridgehead atoms. The molecule has 1 aromatic heterocycles. The SMILES string of the molecule is CN(C)CCNC(=O)c1ccnc(Nc2ccccc2F)n1. The summed E-state index contributed by atoms with van der Waals surface area (Å²) in [5.74, 6) is -0.530. The number of hydrogen-bond donors (Lipinski definition) is 2. The van der Waals surface area contributed by atoms with Gasteiger partial charge in [-0.15, -0.1) is 0 Å². The fraction of sp³-hybridized carbons (Fsp3) is 0.267. The first kappa shape index (κ1) is 15.8. The molecule has 0 aliphatic rings. The van der Waals surface area contributed by atoms with Gasteiger partial charge in [-0.25, -0.2) is 14.4 Å². The fourth-order valence-corrected chi connectivity index (χ4v) is 1.71. The highest BCUT2D eigenvalue weighted by molar-refractivity contribution is 5.92. The van der Waals surface area contributed by atoms with Gasteiger partial charge in [-0.05, 0) is 32.3 Å². The second-order valence-corrected chi connectivity index (χ2v) is 4.93. The summed E-state index contributed by atoms with van der Waals surface area (Å²) in [5.41, 5.74) is 0.486. The number of carbonyl (C=O) groups excluding carboxylic acids is 1. The lowest BCUT2D eigenvalue weighted by Crippen LogP contribution is -2.31. The summed E-state index contributed by atoms with van der Waals surface area (Å²) in [6.45, 7) is 1.25. The van der Waals surface area contributed by atoms with E-state index in [-0.39, 0.29) is 23.2 Å². The zero-order valence-electron chi connectivity index (χ0n) is 12.5. The van der Waals surface area contributed by atoms with Gasteiger partial charge in [0.15, 0.2) is 0 Å². The Morgan fingerprint density at radius 3 is 2.77 bits per heavy atom. The molecular formula is C15H18FN5O. The van der Waals surface area contributed by atoms with E-state index < -0.39 is 5.82 Å². The molecule has 0 spiro atoms. The zero-order valence-corrected chi connectivity index (χ0v) is 12.5. The standard InChI is InChI=1S/C15H18FN5O/c1-21(2)10-9-17-14(22)13-7-8-18-15(20-13)19-12-6-4-3-5-11(12)16/h3-8H,9-10H2,1-2H3,(H,17,22)(H,18,19,20). The molecule has 2 aromatic rings. The molecule has 0 fully saturated rings. The van der Waals surface area contributed by atoms with Crippen molar-refractivity contribution in [2.24, 2.45) is 0 Å². The number of amides is 1. The number of para-hydroxylation sites is 1. The topological polar surface area (TPSA) is 70.2 Å². The largest absolute Gasteiger partial charge is 0.349 e. The van der Waals surface area contributed by atoms with Gasteiger partial charge in [0.2, 0.25) is 5.95 Å². The fourth-order valence-electron chi connectivity index (χ4n) is 1.71. The molecule has 1 aromatic carbocycles. The maximum absolute atomic E-state index is 13.6. The molecule has 0 atom stereocenters. The van der Waals surface area contributed by atoms with Crippen LogP contribution >= 0.6 is 0 Å². The minimum absolute atomic E-state index is 0.172. The highest BCUT2D eigenvalue weighted by Crippen LogP contribution is 2.16. The molecule has 6 nitrogen and oxygen atoms in total. The Kier molecular flexibility index (Phi) is 5.37. The van der Waals surface area contributed by atoms with Crippen molar-refractivity contribution in [3.63, 3.8) is 0 Å². The number of likely N-dealkylation sites (N-methyl/N-ethyl adjacent to an activating group) is 1. The predicted molar refractivity (Wildman–Crippen MR) is 82.6 cm³/mol. The lowest BCUT2D eigenvalue weighted by atomic mass is 10.3. The smallest absolute Gasteiger partial charge is 0.270 e. The Hall–Kier alpha value is -2.54. The molecule has 0 radical (unpaired) electrons. The molecule has 0 aliphatic heterocycles. The van der Waals surface area contributed by atoms with Crippen LogP contribution in [0, 0.1) is 5.82 Å². The van der Waals surface area contributed by atoms with Crippen molar-refractivity contribution in [1.29, 1.82) is 0 Å². The summed E-state index contributed by atoms with van der Waals surface area (Å²) < 4.78 is 13.6. The van der Waals surface area contributed by atoms with Gasteiger partial charge in [0.1, 0.15) is 11.5 Å². The highest BCUT2D eigenvalue weighted by Gasteiger charge is 2.09. The number of anilines is 2. The molecule has 0 unspecified atom stereocenters. The van der Waals surface area contributed by atoms with Crippen LogP contribution in [-0.4, -0.2) is 48.0 Å². The predicted octanol–water partition coefficient (Wildman–Crippen LogP) is 1.65. The van der Waals surface area contributed by atoms with Crippen molar-refractivity contribution in [3.05, 3.63) is 48.0 Å². The molecule has 22 heavy (non-hydrogen) atoms. The molecule has 1 heterocycles. The Bertz CT molecular complexity index is 647. The molecule has 7 heteroatoms. The van der Waals surface area contributed by atoms with Crippen molar-refractivity contribution in [1.82, 2.24) is 20.2 Å². The van der Waals surface area contributed by atoms with Gasteiger partial charge in [0.05, 0.1) is 5.69 Å². The van der Waals surface area contributed by atoms with Gasteiger partial charge in [0, 0.05) is 19.3 Å². The molecular weight excluding hydrogens is 285 g/mol. The van der Waals surface area contributed by atoms with Gasteiger partial charge in [-0.2, -0.15) is 0 Å². The molecule has 116 valence electrons. The number of benzene rings is 1. The summed E-state index contributed by atoms with van der Waals surface area (Å²) in [5, 5.41) is 5.52. The number of rotatable bonds is 6. The third-order valence-electron chi connectivity index (χ3n) is 2.85. The van der Waals surface area contributed by atoms with Crippen molar-refractivity contribution >= 4 is 17.5 Å². The quantitative estimate of drug-likeness (QED) is 0.849. The molecule has 0 saturated heterocycles. The number of hydrogen-bond acceptors (Lipinski definition) is 5. The van der Waals surface area contributed by atoms with Gasteiger partial charge >= 0.3 is 0 Å². The highest BCUT2D eigenvalue weighted by atomic mass is 19.1. The third-order valence-corrected chi connectivity index (χ3v) is 2.85. The second kappa shape index (κ2) is 7.46. The molecule has 1 amide bonds. The molecule has 0 aliphatic carbocycles. The monoisotopic (exact) mass is 303 g/mol. The summed E-state index contributed by atoms with van der Waals surface area (Å²) in [4.78, 5) is 22.0. The Labute approximate surface area is 128 Å². The molecule has 2 N–H and O–H groups in total. The Morgan fingerprint density at radius 1 is 1.27 bits per heavy atom. The minimum atomic E-state index is -0.410. The Morgan fingerprint density at radius 2 is 2.05 bits per heavy atom. The lowest BCUT2D eigenvalue weighted by Gasteiger charge is -2.10. The van der Waals surface area contributed by atoms with E-state index in [1.54, 1.807) is 18.2 Å². The third kappa shape index (κ3) is 4.49. The lowest BCUT2D eigenvalue weighted by molar-refractivity contribution is 0.0946. The number of nitrogens with zero attached hydrogens (tertiary/aromatic N) is 3. The first-order valence-electron chi connectivity index (χ1n) is 6.84. The van der Waals surface area contributed by atoms with Gasteiger partial charge in [-0.1, -0.05) is 12.1 Å². The average Bonchev–Trinajstić information content (AvgIpc) is 2.49. The summed E-state index contributed by atoms with van der Waals surface area (Å²) in [6, 6.07) is 7.71. The van der Waals surface area contributed by atoms with E-state index in [4.69, 9.17) is 0 Å². The maximum atomic E-state index is 13.6. The number of nitrogens with one attached hydrogen (secondary N) is 2. The average molecular weight is 303 g/mol.